The molecule has 0 saturated heterocycles. The fourth-order valence-electron chi connectivity index (χ4n) is 0.728. The average molecular weight is 122 g/mol. The predicted molar refractivity (Wildman–Crippen MR) is 35.1 cm³/mol. The van der Waals surface area contributed by atoms with Gasteiger partial charge >= 0.3 is 0 Å². The highest BCUT2D eigenvalue weighted by Crippen LogP contribution is 2.26. The first-order valence-corrected chi connectivity index (χ1v) is 3.35. The van der Waals surface area contributed by atoms with Crippen LogP contribution in [0.4, 0.5) is 5.69 Å². The Morgan fingerprint density at radius 2 is 2.38 bits per heavy atom. The summed E-state index contributed by atoms with van der Waals surface area (Å²) in [5.74, 6) is 0. The van der Waals surface area contributed by atoms with Crippen molar-refractivity contribution in [2.24, 2.45) is 0 Å². The molecule has 0 aliphatic carbocycles. The summed E-state index contributed by atoms with van der Waals surface area (Å²) in [6, 6.07) is 0. The average Bonchev–Trinajstić information content (AvgIpc) is 2.15. The van der Waals surface area contributed by atoms with Crippen molar-refractivity contribution in [3.05, 3.63) is 22.5 Å². The van der Waals surface area contributed by atoms with Gasteiger partial charge in [0, 0.05) is 22.5 Å². The molecule has 1 aliphatic rings. The fourth-order valence-corrected chi connectivity index (χ4v) is 1.47. The Hall–Kier alpha value is -0.760. The summed E-state index contributed by atoms with van der Waals surface area (Å²) < 4.78 is 0. The van der Waals surface area contributed by atoms with Crippen molar-refractivity contribution in [3.8, 4) is 0 Å². The highest BCUT2D eigenvalue weighted by molar-refractivity contribution is 7.08. The fraction of sp³-hybridized carbons (Fsp3) is 0. The molecule has 1 aromatic rings. The maximum absolute atomic E-state index is 4.09. The van der Waals surface area contributed by atoms with Crippen LogP contribution in [0.1, 0.15) is 5.56 Å². The third-order valence-corrected chi connectivity index (χ3v) is 1.89. The van der Waals surface area contributed by atoms with Crippen molar-refractivity contribution in [2.75, 3.05) is 0 Å². The second kappa shape index (κ2) is 1.36. The van der Waals surface area contributed by atoms with Crippen LogP contribution in [0.15, 0.2) is 17.0 Å². The Labute approximate surface area is 51.7 Å². The van der Waals surface area contributed by atoms with E-state index in [4.69, 9.17) is 0 Å². The number of hydrogen-bond donors (Lipinski definition) is 0. The Balaban J connectivity index is 2.67. The zero-order chi connectivity index (χ0) is 5.40. The van der Waals surface area contributed by atoms with Crippen molar-refractivity contribution in [1.29, 1.82) is 0 Å². The van der Waals surface area contributed by atoms with E-state index < -0.39 is 0 Å². The molecule has 0 amide bonds. The summed E-state index contributed by atoms with van der Waals surface area (Å²) in [5.41, 5.74) is 2.38. The summed E-state index contributed by atoms with van der Waals surface area (Å²) >= 11 is 1.70. The maximum atomic E-state index is 4.09. The minimum Gasteiger partial charge on any atom is -0.255 e. The molecule has 1 radical (unpaired) electrons. The molecule has 0 spiro atoms. The standard InChI is InChI=1S/C6H4NS/c1-2-7-6-4-8-3-5(1)6/h1-4H. The summed E-state index contributed by atoms with van der Waals surface area (Å²) in [7, 11) is 0. The van der Waals surface area contributed by atoms with Crippen molar-refractivity contribution >= 4 is 23.1 Å². The van der Waals surface area contributed by atoms with E-state index >= 15 is 0 Å². The van der Waals surface area contributed by atoms with Crippen LogP contribution in [0.25, 0.3) is 6.08 Å². The lowest BCUT2D eigenvalue weighted by atomic mass is 10.3. The normalized spacial score (nSPS) is 13.5. The highest BCUT2D eigenvalue weighted by atomic mass is 32.1. The molecule has 0 atom stereocenters. The van der Waals surface area contributed by atoms with Gasteiger partial charge in [-0.1, -0.05) is 0 Å². The van der Waals surface area contributed by atoms with E-state index in [2.05, 4.69) is 16.1 Å². The van der Waals surface area contributed by atoms with Gasteiger partial charge in [-0.3, -0.25) is 5.32 Å². The van der Waals surface area contributed by atoms with Crippen molar-refractivity contribution < 1.29 is 0 Å². The molecular weight excluding hydrogens is 118 g/mol. The zero-order valence-electron chi connectivity index (χ0n) is 4.16. The minimum absolute atomic E-state index is 1.12. The number of rotatable bonds is 0. The quantitative estimate of drug-likeness (QED) is 0.499. The highest BCUT2D eigenvalue weighted by Gasteiger charge is 2.03. The second-order valence-corrected chi connectivity index (χ2v) is 2.40. The molecule has 1 nitrogen and oxygen atoms in total. The van der Waals surface area contributed by atoms with E-state index in [0.29, 0.717) is 0 Å². The van der Waals surface area contributed by atoms with Crippen LogP contribution in [0, 0.1) is 0 Å². The minimum atomic E-state index is 1.12. The molecule has 0 aromatic carbocycles. The zero-order valence-corrected chi connectivity index (χ0v) is 4.98. The van der Waals surface area contributed by atoms with Crippen molar-refractivity contribution in [2.45, 2.75) is 0 Å². The van der Waals surface area contributed by atoms with E-state index in [1.807, 2.05) is 12.3 Å². The lowest BCUT2D eigenvalue weighted by Gasteiger charge is -1.80. The summed E-state index contributed by atoms with van der Waals surface area (Å²) in [6.07, 6.45) is 3.85. The number of hydrogen-bond acceptors (Lipinski definition) is 1. The largest absolute Gasteiger partial charge is 0.255 e. The van der Waals surface area contributed by atoms with Gasteiger partial charge in [0.25, 0.3) is 0 Å². The van der Waals surface area contributed by atoms with Crippen molar-refractivity contribution in [3.63, 3.8) is 0 Å². The Morgan fingerprint density at radius 3 is 3.25 bits per heavy atom. The van der Waals surface area contributed by atoms with Gasteiger partial charge in [-0.15, -0.1) is 11.3 Å². The van der Waals surface area contributed by atoms with Crippen LogP contribution in [0.3, 0.4) is 0 Å². The SMILES string of the molecule is C1=Cc2cscc2[N]1. The molecule has 2 heteroatoms. The van der Waals surface area contributed by atoms with Gasteiger partial charge in [-0.05, 0) is 6.08 Å². The molecule has 2 rings (SSSR count). The van der Waals surface area contributed by atoms with E-state index in [9.17, 15) is 0 Å². The van der Waals surface area contributed by atoms with Gasteiger partial charge in [0.1, 0.15) is 0 Å². The van der Waals surface area contributed by atoms with Gasteiger partial charge < -0.3 is 0 Å². The molecule has 1 aromatic heterocycles. The van der Waals surface area contributed by atoms with Crippen LogP contribution in [-0.4, -0.2) is 0 Å². The third-order valence-electron chi connectivity index (χ3n) is 1.14. The first-order chi connectivity index (χ1) is 3.97. The van der Waals surface area contributed by atoms with Crippen LogP contribution in [0.2, 0.25) is 0 Å². The van der Waals surface area contributed by atoms with Crippen molar-refractivity contribution in [1.82, 2.24) is 5.32 Å². The molecule has 1 aliphatic heterocycles. The predicted octanol–water partition coefficient (Wildman–Crippen LogP) is 1.97. The topological polar surface area (TPSA) is 14.1 Å². The van der Waals surface area contributed by atoms with Gasteiger partial charge in [-0.2, -0.15) is 0 Å². The summed E-state index contributed by atoms with van der Waals surface area (Å²) in [4.78, 5) is 0. The Morgan fingerprint density at radius 1 is 1.38 bits per heavy atom. The molecular formula is C6H4NS. The molecule has 0 bridgehead atoms. The second-order valence-electron chi connectivity index (χ2n) is 1.66. The monoisotopic (exact) mass is 122 g/mol. The van der Waals surface area contributed by atoms with Crippen LogP contribution in [-0.2, 0) is 0 Å². The maximum Gasteiger partial charge on any atom is 0.0809 e. The van der Waals surface area contributed by atoms with E-state index in [0.717, 1.165) is 5.69 Å². The molecule has 2 heterocycles. The van der Waals surface area contributed by atoms with E-state index in [-0.39, 0.29) is 0 Å². The first-order valence-electron chi connectivity index (χ1n) is 2.40. The molecule has 0 saturated carbocycles. The summed E-state index contributed by atoms with van der Waals surface area (Å²) in [5, 5.41) is 8.24. The van der Waals surface area contributed by atoms with Gasteiger partial charge in [0.2, 0.25) is 0 Å². The molecule has 0 unspecified atom stereocenters. The van der Waals surface area contributed by atoms with Crippen LogP contribution < -0.4 is 5.32 Å². The van der Waals surface area contributed by atoms with E-state index in [1.54, 1.807) is 11.3 Å². The number of fused-ring (bicyclic) bond motifs is 1. The Kier molecular flexibility index (Phi) is 0.704. The lowest BCUT2D eigenvalue weighted by molar-refractivity contribution is 1.23. The van der Waals surface area contributed by atoms with E-state index in [1.165, 1.54) is 5.56 Å². The number of thiophene rings is 1. The Bertz CT molecular complexity index is 224. The van der Waals surface area contributed by atoms with Crippen LogP contribution in [0.5, 0.6) is 0 Å². The third kappa shape index (κ3) is 0.406. The molecule has 0 N–H and O–H groups in total. The lowest BCUT2D eigenvalue weighted by Crippen LogP contribution is -1.73. The van der Waals surface area contributed by atoms with Gasteiger partial charge in [0.15, 0.2) is 0 Å². The van der Waals surface area contributed by atoms with Gasteiger partial charge in [0.05, 0.1) is 5.69 Å². The van der Waals surface area contributed by atoms with Crippen LogP contribution >= 0.6 is 11.3 Å². The first kappa shape index (κ1) is 4.15. The summed E-state index contributed by atoms with van der Waals surface area (Å²) in [6.45, 7) is 0. The molecule has 39 valence electrons. The van der Waals surface area contributed by atoms with Gasteiger partial charge in [-0.25, -0.2) is 0 Å². The molecule has 0 fully saturated rings. The number of nitrogens with zero attached hydrogens (tertiary/aromatic N) is 1. The smallest absolute Gasteiger partial charge is 0.0809 e. The molecule has 8 heavy (non-hydrogen) atoms.